The Hall–Kier alpha value is -2.42. The topological polar surface area (TPSA) is 51.8 Å². The monoisotopic (exact) mass is 221 g/mol. The van der Waals surface area contributed by atoms with Crippen LogP contribution in [-0.4, -0.2) is 9.97 Å². The van der Waals surface area contributed by atoms with Crippen molar-refractivity contribution in [2.45, 2.75) is 0 Å². The maximum absolute atomic E-state index is 6.04. The fourth-order valence-electron chi connectivity index (χ4n) is 1.92. The standard InChI is InChI=1S/C14H11N3/c15-13-8-10(14-3-1-2-5-17-14)7-11-9-16-6-4-12(11)13/h1-9H,15H2. The van der Waals surface area contributed by atoms with Crippen molar-refractivity contribution >= 4 is 16.5 Å². The van der Waals surface area contributed by atoms with Crippen LogP contribution in [-0.2, 0) is 0 Å². The summed E-state index contributed by atoms with van der Waals surface area (Å²) >= 11 is 0. The van der Waals surface area contributed by atoms with Gasteiger partial charge in [-0.3, -0.25) is 9.97 Å². The summed E-state index contributed by atoms with van der Waals surface area (Å²) in [4.78, 5) is 8.43. The van der Waals surface area contributed by atoms with Crippen molar-refractivity contribution in [3.63, 3.8) is 0 Å². The molecule has 82 valence electrons. The summed E-state index contributed by atoms with van der Waals surface area (Å²) < 4.78 is 0. The van der Waals surface area contributed by atoms with E-state index in [2.05, 4.69) is 16.0 Å². The van der Waals surface area contributed by atoms with Crippen LogP contribution in [0.3, 0.4) is 0 Å². The van der Waals surface area contributed by atoms with Gasteiger partial charge < -0.3 is 5.73 Å². The van der Waals surface area contributed by atoms with Crippen LogP contribution in [0.5, 0.6) is 0 Å². The molecule has 2 heterocycles. The molecule has 3 heteroatoms. The Balaban J connectivity index is 2.26. The van der Waals surface area contributed by atoms with Gasteiger partial charge in [0, 0.05) is 40.6 Å². The molecule has 0 saturated heterocycles. The number of pyridine rings is 2. The van der Waals surface area contributed by atoms with E-state index in [-0.39, 0.29) is 0 Å². The minimum atomic E-state index is 0.755. The number of anilines is 1. The zero-order valence-corrected chi connectivity index (χ0v) is 9.17. The quantitative estimate of drug-likeness (QED) is 0.643. The smallest absolute Gasteiger partial charge is 0.0702 e. The SMILES string of the molecule is Nc1cc(-c2ccccn2)cc2cnccc12. The molecule has 0 spiro atoms. The van der Waals surface area contributed by atoms with Crippen LogP contribution in [0.15, 0.2) is 55.0 Å². The molecule has 0 radical (unpaired) electrons. The van der Waals surface area contributed by atoms with Crippen LogP contribution in [0.4, 0.5) is 5.69 Å². The van der Waals surface area contributed by atoms with Crippen LogP contribution in [0, 0.1) is 0 Å². The molecule has 0 unspecified atom stereocenters. The Labute approximate surface area is 98.9 Å². The van der Waals surface area contributed by atoms with E-state index in [1.165, 1.54) is 0 Å². The number of fused-ring (bicyclic) bond motifs is 1. The van der Waals surface area contributed by atoms with Gasteiger partial charge in [0.25, 0.3) is 0 Å². The summed E-state index contributed by atoms with van der Waals surface area (Å²) in [5.74, 6) is 0. The first-order valence-corrected chi connectivity index (χ1v) is 5.39. The van der Waals surface area contributed by atoms with Crippen LogP contribution >= 0.6 is 0 Å². The summed E-state index contributed by atoms with van der Waals surface area (Å²) in [6.45, 7) is 0. The lowest BCUT2D eigenvalue weighted by Gasteiger charge is -2.06. The Morgan fingerprint density at radius 1 is 1.00 bits per heavy atom. The highest BCUT2D eigenvalue weighted by Crippen LogP contribution is 2.27. The highest BCUT2D eigenvalue weighted by atomic mass is 14.7. The number of nitrogens with zero attached hydrogens (tertiary/aromatic N) is 2. The van der Waals surface area contributed by atoms with Crippen LogP contribution in [0.2, 0.25) is 0 Å². The Morgan fingerprint density at radius 3 is 2.76 bits per heavy atom. The van der Waals surface area contributed by atoms with Crippen molar-refractivity contribution in [1.29, 1.82) is 0 Å². The molecule has 0 saturated carbocycles. The van der Waals surface area contributed by atoms with Crippen LogP contribution < -0.4 is 5.73 Å². The van der Waals surface area contributed by atoms with Gasteiger partial charge in [0.1, 0.15) is 0 Å². The molecule has 17 heavy (non-hydrogen) atoms. The number of hydrogen-bond acceptors (Lipinski definition) is 3. The van der Waals surface area contributed by atoms with Gasteiger partial charge in [0.05, 0.1) is 5.69 Å². The molecular formula is C14H11N3. The third kappa shape index (κ3) is 1.72. The second kappa shape index (κ2) is 3.87. The highest BCUT2D eigenvalue weighted by Gasteiger charge is 2.03. The first-order valence-electron chi connectivity index (χ1n) is 5.39. The molecule has 1 aromatic carbocycles. The third-order valence-corrected chi connectivity index (χ3v) is 2.75. The molecule has 2 N–H and O–H groups in total. The van der Waals surface area contributed by atoms with E-state index < -0.39 is 0 Å². The molecule has 0 aliphatic carbocycles. The molecular weight excluding hydrogens is 210 g/mol. The molecule has 0 bridgehead atoms. The number of nitrogen functional groups attached to an aromatic ring is 1. The maximum Gasteiger partial charge on any atom is 0.0702 e. The highest BCUT2D eigenvalue weighted by molar-refractivity contribution is 5.95. The van der Waals surface area contributed by atoms with Crippen LogP contribution in [0.1, 0.15) is 0 Å². The van der Waals surface area contributed by atoms with Crippen molar-refractivity contribution in [3.05, 3.63) is 55.0 Å². The second-order valence-corrected chi connectivity index (χ2v) is 3.88. The summed E-state index contributed by atoms with van der Waals surface area (Å²) in [7, 11) is 0. The van der Waals surface area contributed by atoms with Gasteiger partial charge in [-0.15, -0.1) is 0 Å². The lowest BCUT2D eigenvalue weighted by molar-refractivity contribution is 1.32. The molecule has 3 aromatic rings. The molecule has 0 atom stereocenters. The lowest BCUT2D eigenvalue weighted by atomic mass is 10.0. The number of rotatable bonds is 1. The predicted molar refractivity (Wildman–Crippen MR) is 69.4 cm³/mol. The van der Waals surface area contributed by atoms with E-state index in [4.69, 9.17) is 5.73 Å². The molecule has 2 aromatic heterocycles. The van der Waals surface area contributed by atoms with E-state index >= 15 is 0 Å². The van der Waals surface area contributed by atoms with Gasteiger partial charge in [-0.1, -0.05) is 6.07 Å². The minimum Gasteiger partial charge on any atom is -0.398 e. The number of aromatic nitrogens is 2. The third-order valence-electron chi connectivity index (χ3n) is 2.75. The largest absolute Gasteiger partial charge is 0.398 e. The number of nitrogens with two attached hydrogens (primary N) is 1. The Bertz CT molecular complexity index is 663. The molecule has 0 aliphatic heterocycles. The normalized spacial score (nSPS) is 10.6. The average Bonchev–Trinajstić information content (AvgIpc) is 2.40. The first kappa shape index (κ1) is 9.78. The van der Waals surface area contributed by atoms with Gasteiger partial charge in [-0.2, -0.15) is 0 Å². The molecule has 3 rings (SSSR count). The molecule has 3 nitrogen and oxygen atoms in total. The maximum atomic E-state index is 6.04. The van der Waals surface area contributed by atoms with Crippen molar-refractivity contribution in [1.82, 2.24) is 9.97 Å². The van der Waals surface area contributed by atoms with Crippen LogP contribution in [0.25, 0.3) is 22.0 Å². The van der Waals surface area contributed by atoms with Crippen molar-refractivity contribution in [2.75, 3.05) is 5.73 Å². The van der Waals surface area contributed by atoms with Gasteiger partial charge in [0.15, 0.2) is 0 Å². The van der Waals surface area contributed by atoms with E-state index in [0.29, 0.717) is 0 Å². The number of benzene rings is 1. The molecule has 0 aliphatic rings. The summed E-state index contributed by atoms with van der Waals surface area (Å²) in [5, 5.41) is 2.06. The summed E-state index contributed by atoms with van der Waals surface area (Å²) in [6, 6.07) is 11.8. The van der Waals surface area contributed by atoms with Gasteiger partial charge >= 0.3 is 0 Å². The second-order valence-electron chi connectivity index (χ2n) is 3.88. The van der Waals surface area contributed by atoms with Crippen molar-refractivity contribution in [2.24, 2.45) is 0 Å². The minimum absolute atomic E-state index is 0.755. The molecule has 0 amide bonds. The van der Waals surface area contributed by atoms with Crippen molar-refractivity contribution in [3.8, 4) is 11.3 Å². The molecule has 0 fully saturated rings. The average molecular weight is 221 g/mol. The van der Waals surface area contributed by atoms with E-state index in [1.54, 1.807) is 12.4 Å². The fourth-order valence-corrected chi connectivity index (χ4v) is 1.92. The van der Waals surface area contributed by atoms with E-state index in [1.807, 2.05) is 36.5 Å². The predicted octanol–water partition coefficient (Wildman–Crippen LogP) is 2.88. The van der Waals surface area contributed by atoms with Gasteiger partial charge in [0.2, 0.25) is 0 Å². The Kier molecular flexibility index (Phi) is 2.22. The van der Waals surface area contributed by atoms with E-state index in [0.717, 1.165) is 27.7 Å². The zero-order chi connectivity index (χ0) is 11.7. The Morgan fingerprint density at radius 2 is 1.94 bits per heavy atom. The van der Waals surface area contributed by atoms with Gasteiger partial charge in [-0.25, -0.2) is 0 Å². The summed E-state index contributed by atoms with van der Waals surface area (Å²) in [5.41, 5.74) is 8.73. The number of hydrogen-bond donors (Lipinski definition) is 1. The van der Waals surface area contributed by atoms with Crippen molar-refractivity contribution < 1.29 is 0 Å². The fraction of sp³-hybridized carbons (Fsp3) is 0. The van der Waals surface area contributed by atoms with Gasteiger partial charge in [-0.05, 0) is 30.3 Å². The van der Waals surface area contributed by atoms with E-state index in [9.17, 15) is 0 Å². The first-order chi connectivity index (χ1) is 8.34. The summed E-state index contributed by atoms with van der Waals surface area (Å²) in [6.07, 6.45) is 5.34. The lowest BCUT2D eigenvalue weighted by Crippen LogP contribution is -1.90. The zero-order valence-electron chi connectivity index (χ0n) is 9.17.